The van der Waals surface area contributed by atoms with E-state index in [1.165, 1.54) is 11.8 Å². The van der Waals surface area contributed by atoms with Crippen LogP contribution in [0, 0.1) is 6.92 Å². The summed E-state index contributed by atoms with van der Waals surface area (Å²) >= 11 is 5.07. The molecule has 3 aromatic heterocycles. The summed E-state index contributed by atoms with van der Waals surface area (Å²) in [5, 5.41) is 6.25. The third kappa shape index (κ3) is 3.67. The number of halogens is 1. The zero-order chi connectivity index (χ0) is 20.7. The van der Waals surface area contributed by atoms with E-state index < -0.39 is 0 Å². The number of methoxy groups -OCH3 is 1. The smallest absolute Gasteiger partial charge is 0.223 e. The fourth-order valence-corrected chi connectivity index (χ4v) is 4.93. The zero-order valence-electron chi connectivity index (χ0n) is 15.8. The van der Waals surface area contributed by atoms with Crippen LogP contribution in [0.15, 0.2) is 21.3 Å². The van der Waals surface area contributed by atoms with Crippen LogP contribution in [0.1, 0.15) is 23.4 Å². The van der Waals surface area contributed by atoms with Crippen molar-refractivity contribution in [1.29, 1.82) is 0 Å². The molecule has 1 aliphatic heterocycles. The summed E-state index contributed by atoms with van der Waals surface area (Å²) in [6.45, 7) is 2.28. The quantitative estimate of drug-likeness (QED) is 0.536. The molecule has 0 fully saturated rings. The van der Waals surface area contributed by atoms with E-state index in [-0.39, 0.29) is 18.3 Å². The van der Waals surface area contributed by atoms with E-state index in [4.69, 9.17) is 21.3 Å². The molecule has 0 aromatic carbocycles. The molecule has 4 heterocycles. The van der Waals surface area contributed by atoms with E-state index in [1.54, 1.807) is 18.0 Å². The molecule has 1 aliphatic rings. The van der Waals surface area contributed by atoms with Crippen LogP contribution in [0.3, 0.4) is 0 Å². The molecule has 0 spiro atoms. The molecule has 9 nitrogen and oxygen atoms in total. The highest BCUT2D eigenvalue weighted by atomic mass is 79.9. The molecule has 0 bridgehead atoms. The van der Waals surface area contributed by atoms with Crippen molar-refractivity contribution in [3.05, 3.63) is 33.2 Å². The Balaban J connectivity index is 1.85. The standard InChI is InChI=1S/C18H18BrN7O2S/c1-8-5-22-11(14(19)15(8)28-2)6-26-16-13-10(25-26)3-9(4-12(20)27)7-29-17(13)24-18(21)23-16/h3,5H,4,6-7H2,1-2H3,(H2,20,27)(H2,21,23,24). The normalized spacial score (nSPS) is 13.3. The zero-order valence-corrected chi connectivity index (χ0v) is 18.2. The van der Waals surface area contributed by atoms with Crippen LogP contribution in [0.2, 0.25) is 0 Å². The van der Waals surface area contributed by atoms with Gasteiger partial charge in [0.25, 0.3) is 0 Å². The van der Waals surface area contributed by atoms with Crippen molar-refractivity contribution < 1.29 is 9.53 Å². The summed E-state index contributed by atoms with van der Waals surface area (Å²) in [6.07, 6.45) is 3.80. The summed E-state index contributed by atoms with van der Waals surface area (Å²) in [5.74, 6) is 1.10. The summed E-state index contributed by atoms with van der Waals surface area (Å²) in [5.41, 5.74) is 15.2. The maximum absolute atomic E-state index is 11.4. The lowest BCUT2D eigenvalue weighted by Gasteiger charge is -2.11. The van der Waals surface area contributed by atoms with E-state index in [0.717, 1.165) is 37.5 Å². The number of amides is 1. The van der Waals surface area contributed by atoms with Gasteiger partial charge in [-0.1, -0.05) is 0 Å². The van der Waals surface area contributed by atoms with E-state index in [1.807, 2.05) is 13.0 Å². The van der Waals surface area contributed by atoms with Crippen molar-refractivity contribution in [1.82, 2.24) is 24.7 Å². The van der Waals surface area contributed by atoms with Crippen molar-refractivity contribution in [2.45, 2.75) is 24.9 Å². The minimum Gasteiger partial charge on any atom is -0.495 e. The Morgan fingerprint density at radius 2 is 2.21 bits per heavy atom. The lowest BCUT2D eigenvalue weighted by Crippen LogP contribution is -2.12. The number of pyridine rings is 1. The lowest BCUT2D eigenvalue weighted by molar-refractivity contribution is -0.117. The van der Waals surface area contributed by atoms with Gasteiger partial charge < -0.3 is 16.2 Å². The van der Waals surface area contributed by atoms with E-state index in [2.05, 4.69) is 30.9 Å². The first-order valence-corrected chi connectivity index (χ1v) is 10.5. The SMILES string of the molecule is COc1c(C)cnc(Cn2nc3c4c(nc(N)nc42)SCC(CC(N)=O)=C3)c1Br. The van der Waals surface area contributed by atoms with Gasteiger partial charge in [-0.15, -0.1) is 11.8 Å². The van der Waals surface area contributed by atoms with Gasteiger partial charge in [0.2, 0.25) is 11.9 Å². The number of rotatable bonds is 5. The predicted octanol–water partition coefficient (Wildman–Crippen LogP) is 2.30. The van der Waals surface area contributed by atoms with Crippen molar-refractivity contribution in [2.75, 3.05) is 18.6 Å². The van der Waals surface area contributed by atoms with Crippen molar-refractivity contribution in [3.8, 4) is 5.75 Å². The second-order valence-electron chi connectivity index (χ2n) is 6.60. The van der Waals surface area contributed by atoms with Gasteiger partial charge in [0.05, 0.1) is 34.9 Å². The van der Waals surface area contributed by atoms with Crippen LogP contribution in [-0.4, -0.2) is 43.5 Å². The molecule has 1 amide bonds. The summed E-state index contributed by atoms with van der Waals surface area (Å²) in [7, 11) is 1.62. The van der Waals surface area contributed by atoms with Gasteiger partial charge in [-0.2, -0.15) is 10.1 Å². The van der Waals surface area contributed by atoms with Crippen molar-refractivity contribution in [3.63, 3.8) is 0 Å². The van der Waals surface area contributed by atoms with Crippen LogP contribution >= 0.6 is 27.7 Å². The molecule has 0 radical (unpaired) electrons. The highest BCUT2D eigenvalue weighted by Crippen LogP contribution is 2.36. The second-order valence-corrected chi connectivity index (χ2v) is 8.35. The molecule has 4 rings (SSSR count). The van der Waals surface area contributed by atoms with Gasteiger partial charge >= 0.3 is 0 Å². The number of nitrogen functional groups attached to an aromatic ring is 1. The van der Waals surface area contributed by atoms with Crippen molar-refractivity contribution in [2.24, 2.45) is 5.73 Å². The largest absolute Gasteiger partial charge is 0.495 e. The Morgan fingerprint density at radius 1 is 1.41 bits per heavy atom. The molecule has 0 saturated heterocycles. The summed E-state index contributed by atoms with van der Waals surface area (Å²) < 4.78 is 7.96. The fraction of sp³-hybridized carbons (Fsp3) is 0.278. The topological polar surface area (TPSA) is 135 Å². The number of hydrogen-bond acceptors (Lipinski definition) is 8. The minimum atomic E-state index is -0.385. The number of aromatic nitrogens is 5. The first kappa shape index (κ1) is 19.6. The number of nitrogens with zero attached hydrogens (tertiary/aromatic N) is 5. The first-order valence-electron chi connectivity index (χ1n) is 8.70. The third-order valence-electron chi connectivity index (χ3n) is 4.47. The Morgan fingerprint density at radius 3 is 2.93 bits per heavy atom. The Labute approximate surface area is 179 Å². The summed E-state index contributed by atoms with van der Waals surface area (Å²) in [4.78, 5) is 24.7. The Hall–Kier alpha value is -2.66. The highest BCUT2D eigenvalue weighted by Gasteiger charge is 2.22. The average molecular weight is 476 g/mol. The minimum absolute atomic E-state index is 0.166. The maximum atomic E-state index is 11.4. The molecule has 150 valence electrons. The number of thioether (sulfide) groups is 1. The van der Waals surface area contributed by atoms with E-state index in [9.17, 15) is 4.79 Å². The molecule has 4 N–H and O–H groups in total. The molecular weight excluding hydrogens is 458 g/mol. The maximum Gasteiger partial charge on any atom is 0.223 e. The van der Waals surface area contributed by atoms with Gasteiger partial charge in [0.15, 0.2) is 5.65 Å². The van der Waals surface area contributed by atoms with Crippen LogP contribution in [0.25, 0.3) is 17.1 Å². The van der Waals surface area contributed by atoms with E-state index in [0.29, 0.717) is 23.6 Å². The second kappa shape index (κ2) is 7.64. The Bertz CT molecular complexity index is 1170. The molecule has 29 heavy (non-hydrogen) atoms. The molecule has 0 saturated carbocycles. The number of anilines is 1. The van der Waals surface area contributed by atoms with Gasteiger partial charge in [-0.25, -0.2) is 9.67 Å². The molecular formula is C18H18BrN7O2S. The van der Waals surface area contributed by atoms with Crippen LogP contribution in [0.5, 0.6) is 5.75 Å². The number of hydrogen-bond donors (Lipinski definition) is 2. The number of carbonyl (C=O) groups is 1. The molecule has 0 aliphatic carbocycles. The number of carbonyl (C=O) groups excluding carboxylic acids is 1. The first-order chi connectivity index (χ1) is 13.9. The van der Waals surface area contributed by atoms with Gasteiger partial charge in [-0.3, -0.25) is 9.78 Å². The fourth-order valence-electron chi connectivity index (χ4n) is 3.22. The van der Waals surface area contributed by atoms with Gasteiger partial charge in [0.1, 0.15) is 10.8 Å². The molecule has 0 unspecified atom stereocenters. The number of ether oxygens (including phenoxy) is 1. The summed E-state index contributed by atoms with van der Waals surface area (Å²) in [6, 6.07) is 0. The highest BCUT2D eigenvalue weighted by molar-refractivity contribution is 9.10. The van der Waals surface area contributed by atoms with Crippen LogP contribution < -0.4 is 16.2 Å². The van der Waals surface area contributed by atoms with E-state index >= 15 is 0 Å². The number of primary amides is 1. The van der Waals surface area contributed by atoms with Crippen LogP contribution in [0.4, 0.5) is 5.95 Å². The molecule has 11 heteroatoms. The third-order valence-corrected chi connectivity index (χ3v) is 6.37. The number of nitrogens with two attached hydrogens (primary N) is 2. The number of aryl methyl sites for hydroxylation is 1. The monoisotopic (exact) mass is 475 g/mol. The Kier molecular flexibility index (Phi) is 5.17. The molecule has 0 atom stereocenters. The van der Waals surface area contributed by atoms with Gasteiger partial charge in [-0.05, 0) is 34.5 Å². The molecule has 3 aromatic rings. The average Bonchev–Trinajstić information content (AvgIpc) is 2.89. The van der Waals surface area contributed by atoms with Crippen molar-refractivity contribution >= 4 is 56.7 Å². The predicted molar refractivity (Wildman–Crippen MR) is 115 cm³/mol. The van der Waals surface area contributed by atoms with Crippen LogP contribution in [-0.2, 0) is 11.3 Å². The lowest BCUT2D eigenvalue weighted by atomic mass is 10.1. The van der Waals surface area contributed by atoms with Gasteiger partial charge in [0, 0.05) is 23.9 Å².